The summed E-state index contributed by atoms with van der Waals surface area (Å²) < 4.78 is 15.7. The zero-order valence-corrected chi connectivity index (χ0v) is 48.3. The summed E-state index contributed by atoms with van der Waals surface area (Å²) in [5.41, 5.74) is 19.5. The van der Waals surface area contributed by atoms with E-state index in [-0.39, 0.29) is 22.3 Å². The van der Waals surface area contributed by atoms with Crippen LogP contribution in [0.1, 0.15) is 122 Å². The van der Waals surface area contributed by atoms with Crippen LogP contribution in [0.2, 0.25) is 0 Å². The van der Waals surface area contributed by atoms with Gasteiger partial charge in [-0.25, -0.2) is 4.98 Å². The summed E-state index contributed by atoms with van der Waals surface area (Å²) >= 11 is 2.64. The maximum absolute atomic E-state index is 7.07. The van der Waals surface area contributed by atoms with Gasteiger partial charge < -0.3 is 0 Å². The van der Waals surface area contributed by atoms with Crippen LogP contribution in [0.5, 0.6) is 11.5 Å². The Hall–Kier alpha value is -7.33. The van der Waals surface area contributed by atoms with Crippen molar-refractivity contribution in [2.45, 2.75) is 110 Å². The molecule has 5 nitrogen and oxygen atoms in total. The molecule has 388 valence electrons. The fourth-order valence-corrected chi connectivity index (χ4v) is 12.9. The van der Waals surface area contributed by atoms with E-state index >= 15 is 0 Å². The third kappa shape index (κ3) is 9.25. The zero-order chi connectivity index (χ0) is 53.5. The van der Waals surface area contributed by atoms with Gasteiger partial charge in [-0.2, -0.15) is 0 Å². The van der Waals surface area contributed by atoms with Crippen molar-refractivity contribution in [3.8, 4) is 56.4 Å². The van der Waals surface area contributed by atoms with E-state index < -0.39 is 0 Å². The summed E-state index contributed by atoms with van der Waals surface area (Å²) in [7, 11) is 0. The maximum atomic E-state index is 7.07. The van der Waals surface area contributed by atoms with Crippen molar-refractivity contribution in [2.24, 2.45) is 0 Å². The molecule has 0 saturated heterocycles. The fourth-order valence-electron chi connectivity index (χ4n) is 11.8. The minimum absolute atomic E-state index is 0.0327. The van der Waals surface area contributed by atoms with E-state index in [1.54, 1.807) is 0 Å². The zero-order valence-electron chi connectivity index (χ0n) is 46.1. The topological polar surface area (TPSA) is 36.9 Å². The van der Waals surface area contributed by atoms with Crippen LogP contribution >= 0.6 is 0 Å². The first-order valence-electron chi connectivity index (χ1n) is 27.4. The molecule has 3 heterocycles. The van der Waals surface area contributed by atoms with E-state index in [0.717, 1.165) is 50.4 Å². The Kier molecular flexibility index (Phi) is 12.6. The number of aromatic nitrogens is 4. The van der Waals surface area contributed by atoms with Gasteiger partial charge in [0.25, 0.3) is 0 Å². The minimum atomic E-state index is -0.0387. The molecule has 2 unspecified atom stereocenters. The van der Waals surface area contributed by atoms with Crippen LogP contribution in [-0.2, 0) is 35.6 Å². The Labute approximate surface area is 465 Å². The molecule has 0 amide bonds. The number of para-hydroxylation sites is 3. The third-order valence-corrected chi connectivity index (χ3v) is 17.2. The molecule has 0 aliphatic heterocycles. The predicted molar refractivity (Wildman–Crippen MR) is 318 cm³/mol. The van der Waals surface area contributed by atoms with Gasteiger partial charge in [0.1, 0.15) is 0 Å². The van der Waals surface area contributed by atoms with E-state index in [1.807, 2.05) is 6.20 Å². The van der Waals surface area contributed by atoms with E-state index in [1.165, 1.54) is 83.3 Å². The Morgan fingerprint density at radius 1 is 0.455 bits per heavy atom. The van der Waals surface area contributed by atoms with Gasteiger partial charge in [0.15, 0.2) is 0 Å². The first-order valence-corrected chi connectivity index (χ1v) is 28.5. The van der Waals surface area contributed by atoms with Crippen LogP contribution in [-0.4, -0.2) is 18.7 Å². The summed E-state index contributed by atoms with van der Waals surface area (Å²) in [6.07, 6.45) is 4.03. The third-order valence-electron chi connectivity index (χ3n) is 16.1. The molecular weight excluding hydrogens is 1120 g/mol. The summed E-state index contributed by atoms with van der Waals surface area (Å²) in [4.78, 5) is 5.01. The van der Waals surface area contributed by atoms with Gasteiger partial charge in [0.2, 0.25) is 0 Å². The molecule has 0 saturated carbocycles. The van der Waals surface area contributed by atoms with Crippen molar-refractivity contribution in [3.63, 3.8) is 0 Å². The molecular formula is C71H68N4OPt. The fraction of sp³-hybridized carbons (Fsp3) is 0.239. The molecule has 0 fully saturated rings. The molecule has 11 aromatic rings. The summed E-state index contributed by atoms with van der Waals surface area (Å²) in [5.74, 6) is 2.91. The average molecular weight is 1190 g/mol. The molecule has 0 radical (unpaired) electrons. The van der Waals surface area contributed by atoms with E-state index in [0.29, 0.717) is 5.92 Å². The van der Waals surface area contributed by atoms with E-state index in [9.17, 15) is 0 Å². The SMILES string of the molecule is CC1CCC(n2[c](=[Pt])n(-c3c(-c4ccccc4)cccc3-c3cc(C(C)(C)C)cc(C(C)(C)C)c3)c3ccccc32)c2cc(Oc3ccc4c5cc(-c6ccccc6)ccc5n(-c5cc(C(C)(C)C)ccn5)c4c3)ccc21. The van der Waals surface area contributed by atoms with Crippen LogP contribution < -0.4 is 4.74 Å². The van der Waals surface area contributed by atoms with Crippen molar-refractivity contribution in [2.75, 3.05) is 0 Å². The molecule has 12 rings (SSSR count). The molecule has 8 aromatic carbocycles. The van der Waals surface area contributed by atoms with Gasteiger partial charge in [-0.3, -0.25) is 0 Å². The molecule has 1 aliphatic rings. The second-order valence-corrected chi connectivity index (χ2v) is 25.5. The summed E-state index contributed by atoms with van der Waals surface area (Å²) in [6.45, 7) is 23.1. The predicted octanol–water partition coefficient (Wildman–Crippen LogP) is 19.2. The van der Waals surface area contributed by atoms with Gasteiger partial charge >= 0.3 is 353 Å². The van der Waals surface area contributed by atoms with Crippen molar-refractivity contribution in [3.05, 3.63) is 226 Å². The van der Waals surface area contributed by atoms with Gasteiger partial charge in [0, 0.05) is 6.20 Å². The Morgan fingerprint density at radius 2 is 1.08 bits per heavy atom. The first kappa shape index (κ1) is 50.5. The molecule has 1 aliphatic carbocycles. The van der Waals surface area contributed by atoms with E-state index in [4.69, 9.17) is 9.72 Å². The quantitative estimate of drug-likeness (QED) is 0.152. The normalized spacial score (nSPS) is 15.1. The molecule has 77 heavy (non-hydrogen) atoms. The summed E-state index contributed by atoms with van der Waals surface area (Å²) in [6, 6.07) is 69.5. The van der Waals surface area contributed by atoms with Crippen LogP contribution in [0, 0.1) is 3.80 Å². The molecule has 0 bridgehead atoms. The van der Waals surface area contributed by atoms with Crippen LogP contribution in [0.3, 0.4) is 0 Å². The molecule has 6 heteroatoms. The molecule has 3 aromatic heterocycles. The standard InChI is InChI=1S/C71H68N4O.Pt/c1-46-28-34-62(73-45-74(65-27-18-17-26-64(65)73)68-57(48-22-15-12-16-23-48)24-19-25-58(68)50-38-52(70(5,6)7)41-53(39-50)71(8,9)10)61-43-54(30-32-56(46)61)76-55-31-33-59-60-40-49(47-20-13-11-14-21-47)29-35-63(60)75(66(59)44-55)67-42-51(36-37-72-67)69(2,3)4;/h11-27,29-33,35-44,46,62H,28,34H2,1-10H3;. The van der Waals surface area contributed by atoms with Gasteiger partial charge in [-0.15, -0.1) is 0 Å². The number of ether oxygens (including phenoxy) is 1. The van der Waals surface area contributed by atoms with Gasteiger partial charge in [0.05, 0.1) is 0 Å². The Morgan fingerprint density at radius 3 is 1.77 bits per heavy atom. The number of hydrogen-bond acceptors (Lipinski definition) is 2. The molecule has 2 atom stereocenters. The van der Waals surface area contributed by atoms with Gasteiger partial charge in [-0.05, 0) is 46.4 Å². The summed E-state index contributed by atoms with van der Waals surface area (Å²) in [5, 5.41) is 2.34. The molecule has 0 spiro atoms. The van der Waals surface area contributed by atoms with Crippen molar-refractivity contribution < 1.29 is 24.1 Å². The van der Waals surface area contributed by atoms with E-state index in [2.05, 4.69) is 290 Å². The number of hydrogen-bond donors (Lipinski definition) is 0. The first-order chi connectivity index (χ1) is 36.9. The average Bonchev–Trinajstić information content (AvgIpc) is 4.17. The number of fused-ring (bicyclic) bond motifs is 5. The Bertz CT molecular complexity index is 4090. The van der Waals surface area contributed by atoms with Crippen LogP contribution in [0.4, 0.5) is 0 Å². The monoisotopic (exact) mass is 1190 g/mol. The number of imidazole rings is 1. The van der Waals surface area contributed by atoms with Gasteiger partial charge in [-0.1, -0.05) is 57.2 Å². The van der Waals surface area contributed by atoms with Crippen LogP contribution in [0.15, 0.2) is 194 Å². The number of pyridine rings is 1. The van der Waals surface area contributed by atoms with Crippen molar-refractivity contribution in [1.82, 2.24) is 18.7 Å². The van der Waals surface area contributed by atoms with Crippen molar-refractivity contribution >= 4 is 32.8 Å². The Balaban J connectivity index is 1.01. The van der Waals surface area contributed by atoms with Crippen molar-refractivity contribution in [1.29, 1.82) is 0 Å². The second kappa shape index (κ2) is 19.3. The van der Waals surface area contributed by atoms with Crippen LogP contribution in [0.25, 0.3) is 77.7 Å². The number of nitrogens with zero attached hydrogens (tertiary/aromatic N) is 4. The number of rotatable bonds is 8. The number of benzene rings is 8. The molecule has 0 N–H and O–H groups in total. The second-order valence-electron chi connectivity index (χ2n) is 24.5.